The number of anilines is 1. The predicted octanol–water partition coefficient (Wildman–Crippen LogP) is 4.72. The average molecular weight is 380 g/mol. The standard InChI is InChI=1S/C23H25FN2O2/c1-14(2)26-21(27)19(15-6-10-17(24)11-7-15)20(22(26)28)25-18-12-8-16(9-13-18)23(3,4)5/h6-14,25H,1-5H3. The van der Waals surface area contributed by atoms with Crippen molar-refractivity contribution in [2.45, 2.75) is 46.1 Å². The first-order valence-corrected chi connectivity index (χ1v) is 9.35. The number of nitrogens with one attached hydrogen (secondary N) is 1. The fourth-order valence-electron chi connectivity index (χ4n) is 3.21. The van der Waals surface area contributed by atoms with Gasteiger partial charge in [-0.1, -0.05) is 45.0 Å². The molecule has 1 heterocycles. The van der Waals surface area contributed by atoms with Crippen LogP contribution in [0.25, 0.3) is 5.57 Å². The largest absolute Gasteiger partial charge is 0.350 e. The van der Waals surface area contributed by atoms with Gasteiger partial charge in [-0.05, 0) is 54.7 Å². The summed E-state index contributed by atoms with van der Waals surface area (Å²) in [5, 5.41) is 3.12. The van der Waals surface area contributed by atoms with E-state index in [0.717, 1.165) is 5.69 Å². The van der Waals surface area contributed by atoms with Crippen LogP contribution >= 0.6 is 0 Å². The molecule has 0 saturated carbocycles. The summed E-state index contributed by atoms with van der Waals surface area (Å²) in [6.07, 6.45) is 0. The molecule has 1 aliphatic heterocycles. The van der Waals surface area contributed by atoms with Crippen LogP contribution in [0.1, 0.15) is 45.7 Å². The molecule has 5 heteroatoms. The lowest BCUT2D eigenvalue weighted by atomic mass is 9.87. The molecule has 28 heavy (non-hydrogen) atoms. The first kappa shape index (κ1) is 19.8. The van der Waals surface area contributed by atoms with E-state index in [4.69, 9.17) is 0 Å². The van der Waals surface area contributed by atoms with E-state index < -0.39 is 5.82 Å². The fraction of sp³-hybridized carbons (Fsp3) is 0.304. The van der Waals surface area contributed by atoms with Gasteiger partial charge in [0.1, 0.15) is 11.5 Å². The Morgan fingerprint density at radius 1 is 0.893 bits per heavy atom. The summed E-state index contributed by atoms with van der Waals surface area (Å²) in [5.41, 5.74) is 2.90. The van der Waals surface area contributed by atoms with E-state index in [9.17, 15) is 14.0 Å². The van der Waals surface area contributed by atoms with Gasteiger partial charge in [0.05, 0.1) is 5.57 Å². The number of carbonyl (C=O) groups excluding carboxylic acids is 2. The van der Waals surface area contributed by atoms with Gasteiger partial charge in [0.25, 0.3) is 11.8 Å². The smallest absolute Gasteiger partial charge is 0.278 e. The number of benzene rings is 2. The highest BCUT2D eigenvalue weighted by Gasteiger charge is 2.40. The number of hydrogen-bond acceptors (Lipinski definition) is 3. The summed E-state index contributed by atoms with van der Waals surface area (Å²) >= 11 is 0. The van der Waals surface area contributed by atoms with Gasteiger partial charge >= 0.3 is 0 Å². The Hall–Kier alpha value is -2.95. The third-order valence-corrected chi connectivity index (χ3v) is 4.78. The third kappa shape index (κ3) is 3.70. The lowest BCUT2D eigenvalue weighted by Crippen LogP contribution is -2.38. The topological polar surface area (TPSA) is 49.4 Å². The molecule has 0 radical (unpaired) electrons. The van der Waals surface area contributed by atoms with E-state index >= 15 is 0 Å². The van der Waals surface area contributed by atoms with Crippen LogP contribution in [0.4, 0.5) is 10.1 Å². The van der Waals surface area contributed by atoms with Crippen molar-refractivity contribution < 1.29 is 14.0 Å². The van der Waals surface area contributed by atoms with Crippen LogP contribution in [0, 0.1) is 5.82 Å². The Balaban J connectivity index is 2.03. The fourth-order valence-corrected chi connectivity index (χ4v) is 3.21. The van der Waals surface area contributed by atoms with Crippen LogP contribution in [0.2, 0.25) is 0 Å². The van der Waals surface area contributed by atoms with Crippen molar-refractivity contribution in [1.82, 2.24) is 4.90 Å². The summed E-state index contributed by atoms with van der Waals surface area (Å²) in [6, 6.07) is 13.1. The van der Waals surface area contributed by atoms with Gasteiger partial charge in [-0.3, -0.25) is 14.5 Å². The SMILES string of the molecule is CC(C)N1C(=O)C(Nc2ccc(C(C)(C)C)cc2)=C(c2ccc(F)cc2)C1=O. The van der Waals surface area contributed by atoms with Crippen molar-refractivity contribution in [3.8, 4) is 0 Å². The van der Waals surface area contributed by atoms with Gasteiger partial charge in [0.15, 0.2) is 0 Å². The first-order chi connectivity index (χ1) is 13.1. The molecule has 2 aromatic rings. The van der Waals surface area contributed by atoms with Gasteiger partial charge in [-0.2, -0.15) is 0 Å². The third-order valence-electron chi connectivity index (χ3n) is 4.78. The van der Waals surface area contributed by atoms with Gasteiger partial charge in [0.2, 0.25) is 0 Å². The molecule has 2 amide bonds. The molecule has 0 fully saturated rings. The maximum Gasteiger partial charge on any atom is 0.278 e. The van der Waals surface area contributed by atoms with Crippen LogP contribution in [0.5, 0.6) is 0 Å². The van der Waals surface area contributed by atoms with E-state index in [0.29, 0.717) is 5.56 Å². The molecule has 0 atom stereocenters. The zero-order chi connectivity index (χ0) is 20.6. The van der Waals surface area contributed by atoms with Crippen LogP contribution < -0.4 is 5.32 Å². The molecule has 3 rings (SSSR count). The number of halogens is 1. The zero-order valence-corrected chi connectivity index (χ0v) is 16.8. The summed E-state index contributed by atoms with van der Waals surface area (Å²) in [5.74, 6) is -1.14. The van der Waals surface area contributed by atoms with Crippen molar-refractivity contribution in [1.29, 1.82) is 0 Å². The number of amides is 2. The molecule has 2 aromatic carbocycles. The molecule has 4 nitrogen and oxygen atoms in total. The second-order valence-corrected chi connectivity index (χ2v) is 8.28. The lowest BCUT2D eigenvalue weighted by molar-refractivity contribution is -0.138. The number of rotatable bonds is 4. The normalized spacial score (nSPS) is 15.0. The predicted molar refractivity (Wildman–Crippen MR) is 109 cm³/mol. The Morgan fingerprint density at radius 2 is 1.46 bits per heavy atom. The molecule has 0 unspecified atom stereocenters. The highest BCUT2D eigenvalue weighted by molar-refractivity contribution is 6.36. The number of imide groups is 1. The van der Waals surface area contributed by atoms with Crippen LogP contribution in [0.3, 0.4) is 0 Å². The second kappa shape index (κ2) is 7.23. The quantitative estimate of drug-likeness (QED) is 0.781. The summed E-state index contributed by atoms with van der Waals surface area (Å²) < 4.78 is 13.3. The number of hydrogen-bond donors (Lipinski definition) is 1. The average Bonchev–Trinajstić information content (AvgIpc) is 2.86. The van der Waals surface area contributed by atoms with Crippen molar-refractivity contribution in [2.75, 3.05) is 5.32 Å². The molecule has 146 valence electrons. The maximum absolute atomic E-state index is 13.3. The van der Waals surface area contributed by atoms with Crippen LogP contribution in [-0.2, 0) is 15.0 Å². The Kier molecular flexibility index (Phi) is 5.11. The maximum atomic E-state index is 13.3. The van der Waals surface area contributed by atoms with E-state index in [1.54, 1.807) is 13.8 Å². The molecule has 0 bridgehead atoms. The van der Waals surface area contributed by atoms with Crippen molar-refractivity contribution in [3.05, 3.63) is 71.2 Å². The van der Waals surface area contributed by atoms with Gasteiger partial charge in [0, 0.05) is 11.7 Å². The number of nitrogens with zero attached hydrogens (tertiary/aromatic N) is 1. The van der Waals surface area contributed by atoms with Gasteiger partial charge < -0.3 is 5.32 Å². The van der Waals surface area contributed by atoms with Crippen molar-refractivity contribution >= 4 is 23.1 Å². The highest BCUT2D eigenvalue weighted by atomic mass is 19.1. The molecular formula is C23H25FN2O2. The summed E-state index contributed by atoms with van der Waals surface area (Å²) in [7, 11) is 0. The Morgan fingerprint density at radius 3 is 1.96 bits per heavy atom. The molecule has 1 aliphatic rings. The Bertz CT molecular complexity index is 936. The minimum absolute atomic E-state index is 0.0185. The zero-order valence-electron chi connectivity index (χ0n) is 16.8. The minimum Gasteiger partial charge on any atom is -0.350 e. The molecular weight excluding hydrogens is 355 g/mol. The Labute approximate surface area is 165 Å². The lowest BCUT2D eigenvalue weighted by Gasteiger charge is -2.20. The molecule has 1 N–H and O–H groups in total. The van der Waals surface area contributed by atoms with Crippen molar-refractivity contribution in [2.24, 2.45) is 0 Å². The molecule has 0 spiro atoms. The van der Waals surface area contributed by atoms with Gasteiger partial charge in [-0.15, -0.1) is 0 Å². The van der Waals surface area contributed by atoms with E-state index in [-0.39, 0.29) is 34.5 Å². The summed E-state index contributed by atoms with van der Waals surface area (Å²) in [4.78, 5) is 27.1. The molecule has 0 aromatic heterocycles. The van der Waals surface area contributed by atoms with E-state index in [1.807, 2.05) is 24.3 Å². The second-order valence-electron chi connectivity index (χ2n) is 8.28. The highest BCUT2D eigenvalue weighted by Crippen LogP contribution is 2.32. The first-order valence-electron chi connectivity index (χ1n) is 9.35. The number of carbonyl (C=O) groups is 2. The van der Waals surface area contributed by atoms with Gasteiger partial charge in [-0.25, -0.2) is 4.39 Å². The molecule has 0 saturated heterocycles. The summed E-state index contributed by atoms with van der Waals surface area (Å²) in [6.45, 7) is 9.97. The van der Waals surface area contributed by atoms with E-state index in [1.165, 1.54) is 34.7 Å². The molecule has 0 aliphatic carbocycles. The monoisotopic (exact) mass is 380 g/mol. The minimum atomic E-state index is -0.394. The van der Waals surface area contributed by atoms with Crippen LogP contribution in [-0.4, -0.2) is 22.8 Å². The van der Waals surface area contributed by atoms with E-state index in [2.05, 4.69) is 26.1 Å². The van der Waals surface area contributed by atoms with Crippen LogP contribution in [0.15, 0.2) is 54.2 Å². The van der Waals surface area contributed by atoms with Crippen molar-refractivity contribution in [3.63, 3.8) is 0 Å².